The van der Waals surface area contributed by atoms with Crippen molar-refractivity contribution in [3.63, 3.8) is 0 Å². The van der Waals surface area contributed by atoms with Gasteiger partial charge in [0.25, 0.3) is 0 Å². The normalized spacial score (nSPS) is 13.6. The van der Waals surface area contributed by atoms with Gasteiger partial charge in [0, 0.05) is 19.3 Å². The minimum Gasteiger partial charge on any atom is -0.382 e. The first-order chi connectivity index (χ1) is 9.85. The third-order valence-corrected chi connectivity index (χ3v) is 3.39. The number of nitrogens with one attached hydrogen (secondary N) is 1. The minimum atomic E-state index is 0.576. The molecule has 1 aromatic rings. The number of aromatic nitrogens is 1. The van der Waals surface area contributed by atoms with Gasteiger partial charge in [0.15, 0.2) is 0 Å². The predicted molar refractivity (Wildman–Crippen MR) is 76.8 cm³/mol. The number of fused-ring (bicyclic) bond motifs is 1. The van der Waals surface area contributed by atoms with Crippen LogP contribution in [-0.2, 0) is 22.3 Å². The second-order valence-corrected chi connectivity index (χ2v) is 4.84. The Balaban J connectivity index is 1.91. The van der Waals surface area contributed by atoms with Crippen molar-refractivity contribution in [1.29, 1.82) is 5.26 Å². The molecule has 0 saturated heterocycles. The summed E-state index contributed by atoms with van der Waals surface area (Å²) in [4.78, 5) is 4.60. The van der Waals surface area contributed by atoms with Crippen molar-refractivity contribution in [2.45, 2.75) is 25.7 Å². The van der Waals surface area contributed by atoms with E-state index in [1.54, 1.807) is 7.11 Å². The maximum Gasteiger partial charge on any atom is 0.144 e. The third kappa shape index (κ3) is 3.92. The van der Waals surface area contributed by atoms with Crippen LogP contribution >= 0.6 is 0 Å². The molecule has 0 aliphatic heterocycles. The molecule has 0 fully saturated rings. The summed E-state index contributed by atoms with van der Waals surface area (Å²) in [6.07, 6.45) is 4.43. The summed E-state index contributed by atoms with van der Waals surface area (Å²) in [5.41, 5.74) is 3.00. The molecular weight excluding hydrogens is 254 g/mol. The van der Waals surface area contributed by atoms with E-state index in [1.807, 2.05) is 6.07 Å². The van der Waals surface area contributed by atoms with E-state index in [-0.39, 0.29) is 0 Å². The van der Waals surface area contributed by atoms with Gasteiger partial charge < -0.3 is 14.8 Å². The molecule has 108 valence electrons. The maximum absolute atomic E-state index is 9.21. The number of methoxy groups -OCH3 is 1. The quantitative estimate of drug-likeness (QED) is 0.770. The largest absolute Gasteiger partial charge is 0.382 e. The predicted octanol–water partition coefficient (Wildman–Crippen LogP) is 1.91. The molecule has 0 aromatic carbocycles. The second kappa shape index (κ2) is 7.83. The number of hydrogen-bond acceptors (Lipinski definition) is 5. The van der Waals surface area contributed by atoms with Crippen molar-refractivity contribution in [3.05, 3.63) is 22.9 Å². The Morgan fingerprint density at radius 1 is 1.30 bits per heavy atom. The van der Waals surface area contributed by atoms with Gasteiger partial charge in [-0.25, -0.2) is 4.98 Å². The summed E-state index contributed by atoms with van der Waals surface area (Å²) in [5.74, 6) is 0.684. The SMILES string of the molecule is COCCOCCNc1nc2c(cc1C#N)CCCC2. The summed E-state index contributed by atoms with van der Waals surface area (Å²) in [7, 11) is 1.65. The molecule has 5 nitrogen and oxygen atoms in total. The molecule has 1 aromatic heterocycles. The molecule has 1 N–H and O–H groups in total. The zero-order valence-corrected chi connectivity index (χ0v) is 11.9. The Kier molecular flexibility index (Phi) is 5.78. The highest BCUT2D eigenvalue weighted by atomic mass is 16.5. The van der Waals surface area contributed by atoms with Crippen LogP contribution in [0.3, 0.4) is 0 Å². The first kappa shape index (κ1) is 14.8. The van der Waals surface area contributed by atoms with Gasteiger partial charge >= 0.3 is 0 Å². The van der Waals surface area contributed by atoms with Gasteiger partial charge in [-0.05, 0) is 37.3 Å². The van der Waals surface area contributed by atoms with E-state index in [0.717, 1.165) is 18.5 Å². The van der Waals surface area contributed by atoms with Gasteiger partial charge in [-0.2, -0.15) is 5.26 Å². The van der Waals surface area contributed by atoms with Gasteiger partial charge in [-0.1, -0.05) is 0 Å². The van der Waals surface area contributed by atoms with E-state index in [4.69, 9.17) is 9.47 Å². The lowest BCUT2D eigenvalue weighted by Gasteiger charge is -2.17. The number of ether oxygens (including phenoxy) is 2. The molecular formula is C15H21N3O2. The van der Waals surface area contributed by atoms with Gasteiger partial charge in [0.2, 0.25) is 0 Å². The summed E-state index contributed by atoms with van der Waals surface area (Å²) in [5, 5.41) is 12.4. The summed E-state index contributed by atoms with van der Waals surface area (Å²) in [6, 6.07) is 4.20. The zero-order valence-electron chi connectivity index (χ0n) is 11.9. The minimum absolute atomic E-state index is 0.576. The highest BCUT2D eigenvalue weighted by Crippen LogP contribution is 2.24. The highest BCUT2D eigenvalue weighted by Gasteiger charge is 2.14. The van der Waals surface area contributed by atoms with E-state index >= 15 is 0 Å². The zero-order chi connectivity index (χ0) is 14.2. The number of nitrogens with zero attached hydrogens (tertiary/aromatic N) is 2. The fourth-order valence-corrected chi connectivity index (χ4v) is 2.34. The molecule has 20 heavy (non-hydrogen) atoms. The van der Waals surface area contributed by atoms with Gasteiger partial charge in [0.1, 0.15) is 11.9 Å². The van der Waals surface area contributed by atoms with Crippen molar-refractivity contribution in [3.8, 4) is 6.07 Å². The second-order valence-electron chi connectivity index (χ2n) is 4.84. The number of pyridine rings is 1. The number of rotatable bonds is 7. The molecule has 1 aliphatic rings. The Morgan fingerprint density at radius 3 is 2.95 bits per heavy atom. The molecule has 0 saturated carbocycles. The Labute approximate surface area is 119 Å². The Bertz CT molecular complexity index is 483. The lowest BCUT2D eigenvalue weighted by atomic mass is 9.95. The van der Waals surface area contributed by atoms with Crippen LogP contribution in [0.2, 0.25) is 0 Å². The average Bonchev–Trinajstić information content (AvgIpc) is 2.50. The average molecular weight is 275 g/mol. The van der Waals surface area contributed by atoms with Crippen LogP contribution in [0.1, 0.15) is 29.7 Å². The van der Waals surface area contributed by atoms with Crippen LogP contribution in [0.15, 0.2) is 6.07 Å². The van der Waals surface area contributed by atoms with Crippen LogP contribution in [0.4, 0.5) is 5.82 Å². The van der Waals surface area contributed by atoms with Crippen molar-refractivity contribution in [1.82, 2.24) is 4.98 Å². The summed E-state index contributed by atoms with van der Waals surface area (Å²) < 4.78 is 10.3. The number of aryl methyl sites for hydroxylation is 2. The van der Waals surface area contributed by atoms with Crippen LogP contribution < -0.4 is 5.32 Å². The monoisotopic (exact) mass is 275 g/mol. The van der Waals surface area contributed by atoms with Gasteiger partial charge in [-0.15, -0.1) is 0 Å². The van der Waals surface area contributed by atoms with E-state index in [1.165, 1.54) is 18.4 Å². The Morgan fingerprint density at radius 2 is 2.15 bits per heavy atom. The highest BCUT2D eigenvalue weighted by molar-refractivity contribution is 5.54. The molecule has 0 atom stereocenters. The lowest BCUT2D eigenvalue weighted by Crippen LogP contribution is -2.15. The number of anilines is 1. The molecule has 1 aliphatic carbocycles. The molecule has 1 heterocycles. The van der Waals surface area contributed by atoms with Crippen LogP contribution in [0, 0.1) is 11.3 Å². The number of nitriles is 1. The van der Waals surface area contributed by atoms with Gasteiger partial charge in [-0.3, -0.25) is 0 Å². The molecule has 2 rings (SSSR count). The van der Waals surface area contributed by atoms with E-state index < -0.39 is 0 Å². The fraction of sp³-hybridized carbons (Fsp3) is 0.600. The van der Waals surface area contributed by atoms with Gasteiger partial charge in [0.05, 0.1) is 25.4 Å². The summed E-state index contributed by atoms with van der Waals surface area (Å²) in [6.45, 7) is 2.40. The molecule has 0 spiro atoms. The van der Waals surface area contributed by atoms with Crippen molar-refractivity contribution in [2.24, 2.45) is 0 Å². The Hall–Kier alpha value is -1.64. The maximum atomic E-state index is 9.21. The van der Waals surface area contributed by atoms with E-state index in [2.05, 4.69) is 16.4 Å². The molecule has 0 amide bonds. The van der Waals surface area contributed by atoms with Crippen molar-refractivity contribution >= 4 is 5.82 Å². The van der Waals surface area contributed by atoms with Crippen molar-refractivity contribution < 1.29 is 9.47 Å². The topological polar surface area (TPSA) is 67.2 Å². The molecule has 0 bridgehead atoms. The molecule has 0 radical (unpaired) electrons. The lowest BCUT2D eigenvalue weighted by molar-refractivity contribution is 0.0759. The van der Waals surface area contributed by atoms with Crippen LogP contribution in [-0.4, -0.2) is 38.5 Å². The fourth-order valence-electron chi connectivity index (χ4n) is 2.34. The molecule has 0 unspecified atom stereocenters. The summed E-state index contributed by atoms with van der Waals surface area (Å²) >= 11 is 0. The first-order valence-corrected chi connectivity index (χ1v) is 7.08. The van der Waals surface area contributed by atoms with Crippen LogP contribution in [0.25, 0.3) is 0 Å². The molecule has 5 heteroatoms. The first-order valence-electron chi connectivity index (χ1n) is 7.08. The van der Waals surface area contributed by atoms with Crippen molar-refractivity contribution in [2.75, 3.05) is 38.8 Å². The van der Waals surface area contributed by atoms with E-state index in [9.17, 15) is 5.26 Å². The van der Waals surface area contributed by atoms with Crippen LogP contribution in [0.5, 0.6) is 0 Å². The smallest absolute Gasteiger partial charge is 0.144 e. The number of hydrogen-bond donors (Lipinski definition) is 1. The van der Waals surface area contributed by atoms with E-state index in [0.29, 0.717) is 37.7 Å². The standard InChI is InChI=1S/C15H21N3O2/c1-19-8-9-20-7-6-17-15-13(11-16)10-12-4-2-3-5-14(12)18-15/h10H,2-9H2,1H3,(H,17,18). The third-order valence-electron chi connectivity index (χ3n) is 3.39.